The van der Waals surface area contributed by atoms with Gasteiger partial charge in [-0.15, -0.1) is 0 Å². The van der Waals surface area contributed by atoms with Crippen molar-refractivity contribution in [2.45, 2.75) is 38.3 Å². The van der Waals surface area contributed by atoms with Crippen molar-refractivity contribution in [2.75, 3.05) is 6.54 Å². The maximum atomic E-state index is 12.4. The van der Waals surface area contributed by atoms with Crippen molar-refractivity contribution in [1.29, 1.82) is 0 Å². The molecule has 1 saturated carbocycles. The molecule has 9 nitrogen and oxygen atoms in total. The molecule has 1 N–H and O–H groups in total. The fourth-order valence-corrected chi connectivity index (χ4v) is 4.78. The monoisotopic (exact) mass is 446 g/mol. The van der Waals surface area contributed by atoms with Crippen LogP contribution in [0.5, 0.6) is 5.88 Å². The van der Waals surface area contributed by atoms with E-state index in [1.807, 2.05) is 37.5 Å². The van der Waals surface area contributed by atoms with Gasteiger partial charge >= 0.3 is 5.69 Å². The lowest BCUT2D eigenvalue weighted by Crippen LogP contribution is -2.26. The molecule has 0 bridgehead atoms. The third-order valence-electron chi connectivity index (χ3n) is 7.00. The summed E-state index contributed by atoms with van der Waals surface area (Å²) in [6, 6.07) is 8.31. The van der Waals surface area contributed by atoms with E-state index in [2.05, 4.69) is 14.9 Å². The lowest BCUT2D eigenvalue weighted by molar-refractivity contribution is -0.119. The number of rotatable bonds is 5. The van der Waals surface area contributed by atoms with Gasteiger partial charge in [0, 0.05) is 44.6 Å². The summed E-state index contributed by atoms with van der Waals surface area (Å²) < 4.78 is 11.9. The van der Waals surface area contributed by atoms with E-state index in [0.717, 1.165) is 46.2 Å². The Bertz CT molecular complexity index is 1480. The predicted octanol–water partition coefficient (Wildman–Crippen LogP) is 2.53. The molecule has 1 aliphatic heterocycles. The van der Waals surface area contributed by atoms with Crippen LogP contribution >= 0.6 is 0 Å². The van der Waals surface area contributed by atoms with Crippen LogP contribution in [-0.4, -0.2) is 42.2 Å². The van der Waals surface area contributed by atoms with Crippen LogP contribution in [0.4, 0.5) is 0 Å². The molecule has 4 aromatic rings. The number of carbonyl (C=O) groups is 1. The molecular formula is C24H26N6O3. The van der Waals surface area contributed by atoms with Crippen molar-refractivity contribution in [3.8, 4) is 17.1 Å². The van der Waals surface area contributed by atoms with E-state index in [9.17, 15) is 9.59 Å². The smallest absolute Gasteiger partial charge is 0.328 e. The zero-order valence-electron chi connectivity index (χ0n) is 18.9. The molecule has 33 heavy (non-hydrogen) atoms. The van der Waals surface area contributed by atoms with Gasteiger partial charge in [0.2, 0.25) is 11.8 Å². The molecule has 1 saturated heterocycles. The van der Waals surface area contributed by atoms with Gasteiger partial charge in [0.15, 0.2) is 0 Å². The van der Waals surface area contributed by atoms with Crippen molar-refractivity contribution in [3.63, 3.8) is 0 Å². The molecule has 6 rings (SSSR count). The summed E-state index contributed by atoms with van der Waals surface area (Å²) in [5.41, 5.74) is 5.01. The highest BCUT2D eigenvalue weighted by Gasteiger charge is 2.31. The molecule has 2 fully saturated rings. The van der Waals surface area contributed by atoms with Crippen molar-refractivity contribution in [2.24, 2.45) is 20.0 Å². The number of aryl methyl sites for hydroxylation is 2. The summed E-state index contributed by atoms with van der Waals surface area (Å²) in [5, 5.41) is 2.89. The summed E-state index contributed by atoms with van der Waals surface area (Å²) in [5.74, 6) is 0.707. The van der Waals surface area contributed by atoms with Gasteiger partial charge in [0.05, 0.1) is 28.6 Å². The molecule has 2 aliphatic rings. The first-order chi connectivity index (χ1) is 15.9. The fourth-order valence-electron chi connectivity index (χ4n) is 4.78. The number of pyridine rings is 1. The Labute approximate surface area is 190 Å². The number of hydrogen-bond donors (Lipinski definition) is 1. The summed E-state index contributed by atoms with van der Waals surface area (Å²) in [7, 11) is 3.55. The number of carbonyl (C=O) groups excluding carboxylic acids is 1. The molecule has 9 heteroatoms. The maximum absolute atomic E-state index is 12.4. The molecule has 0 spiro atoms. The molecular weight excluding hydrogens is 420 g/mol. The number of imidazole rings is 2. The zero-order chi connectivity index (χ0) is 22.9. The van der Waals surface area contributed by atoms with Crippen molar-refractivity contribution in [1.82, 2.24) is 29.0 Å². The van der Waals surface area contributed by atoms with Gasteiger partial charge in [-0.25, -0.2) is 14.8 Å². The highest BCUT2D eigenvalue weighted by Crippen LogP contribution is 2.40. The number of fused-ring (bicyclic) bond motifs is 2. The van der Waals surface area contributed by atoms with E-state index < -0.39 is 0 Å². The standard InChI is InChI=1S/C24H26N6O3/c1-13(15-9-21(31)25-11-15)33-23-22-18(26-12-30(22)16-5-6-16)10-17(27-23)14-4-7-19-20(8-14)29(3)24(32)28(19)2/h4,7-8,10,12-13,15-16H,5-6,9,11H2,1-3H3,(H,25,31)/t13-,15?/m1/s1. The van der Waals surface area contributed by atoms with Crippen LogP contribution in [0.3, 0.4) is 0 Å². The third kappa shape index (κ3) is 3.21. The number of nitrogens with one attached hydrogen (secondary N) is 1. The van der Waals surface area contributed by atoms with Gasteiger partial charge in [-0.1, -0.05) is 6.07 Å². The van der Waals surface area contributed by atoms with Gasteiger partial charge in [0.25, 0.3) is 0 Å². The molecule has 1 amide bonds. The van der Waals surface area contributed by atoms with Crippen molar-refractivity contribution < 1.29 is 9.53 Å². The van der Waals surface area contributed by atoms with Gasteiger partial charge in [-0.05, 0) is 38.0 Å². The van der Waals surface area contributed by atoms with Crippen LogP contribution in [0.25, 0.3) is 33.3 Å². The van der Waals surface area contributed by atoms with Gasteiger partial charge < -0.3 is 14.6 Å². The molecule has 3 aromatic heterocycles. The highest BCUT2D eigenvalue weighted by atomic mass is 16.5. The van der Waals surface area contributed by atoms with Gasteiger partial charge in [-0.2, -0.15) is 0 Å². The summed E-state index contributed by atoms with van der Waals surface area (Å²) >= 11 is 0. The molecule has 170 valence electrons. The van der Waals surface area contributed by atoms with E-state index in [1.165, 1.54) is 0 Å². The minimum absolute atomic E-state index is 0.0621. The average Bonchev–Trinajstić information content (AvgIpc) is 3.35. The number of aromatic nitrogens is 5. The SMILES string of the molecule is C[C@@H](Oc1nc(-c2ccc3c(c2)n(C)c(=O)n3C)cc2ncn(C3CC3)c12)C1CNC(=O)C1. The third-order valence-corrected chi connectivity index (χ3v) is 7.00. The Morgan fingerprint density at radius 3 is 2.64 bits per heavy atom. The van der Waals surface area contributed by atoms with Crippen LogP contribution < -0.4 is 15.7 Å². The predicted molar refractivity (Wildman–Crippen MR) is 124 cm³/mol. The Hall–Kier alpha value is -3.62. The topological polar surface area (TPSA) is 96.0 Å². The minimum atomic E-state index is -0.171. The lowest BCUT2D eigenvalue weighted by Gasteiger charge is -2.20. The molecule has 0 radical (unpaired) electrons. The number of nitrogens with zero attached hydrogens (tertiary/aromatic N) is 5. The highest BCUT2D eigenvalue weighted by molar-refractivity contribution is 5.87. The average molecular weight is 447 g/mol. The van der Waals surface area contributed by atoms with Gasteiger partial charge in [-0.3, -0.25) is 13.9 Å². The normalized spacial score (nSPS) is 19.4. The summed E-state index contributed by atoms with van der Waals surface area (Å²) in [6.07, 6.45) is 4.42. The number of amides is 1. The quantitative estimate of drug-likeness (QED) is 0.508. The second-order valence-electron chi connectivity index (χ2n) is 9.26. The maximum Gasteiger partial charge on any atom is 0.328 e. The van der Waals surface area contributed by atoms with E-state index in [4.69, 9.17) is 9.72 Å². The first-order valence-electron chi connectivity index (χ1n) is 11.4. The Balaban J connectivity index is 1.47. The second-order valence-corrected chi connectivity index (χ2v) is 9.26. The summed E-state index contributed by atoms with van der Waals surface area (Å²) in [6.45, 7) is 2.61. The van der Waals surface area contributed by atoms with Crippen molar-refractivity contribution >= 4 is 28.0 Å². The summed E-state index contributed by atoms with van der Waals surface area (Å²) in [4.78, 5) is 33.7. The van der Waals surface area contributed by atoms with Crippen molar-refractivity contribution in [3.05, 3.63) is 41.1 Å². The Morgan fingerprint density at radius 2 is 1.91 bits per heavy atom. The lowest BCUT2D eigenvalue weighted by atomic mass is 10.0. The van der Waals surface area contributed by atoms with Crippen LogP contribution in [0.15, 0.2) is 35.4 Å². The van der Waals surface area contributed by atoms with Crippen LogP contribution in [0.2, 0.25) is 0 Å². The van der Waals surface area contributed by atoms with Crippen LogP contribution in [-0.2, 0) is 18.9 Å². The molecule has 1 aromatic carbocycles. The Kier molecular flexibility index (Phi) is 4.36. The fraction of sp³-hybridized carbons (Fsp3) is 0.417. The van der Waals surface area contributed by atoms with Crippen LogP contribution in [0.1, 0.15) is 32.2 Å². The second kappa shape index (κ2) is 7.19. The van der Waals surface area contributed by atoms with E-state index in [-0.39, 0.29) is 23.6 Å². The van der Waals surface area contributed by atoms with Gasteiger partial charge in [0.1, 0.15) is 11.6 Å². The largest absolute Gasteiger partial charge is 0.473 e. The van der Waals surface area contributed by atoms with Crippen LogP contribution in [0, 0.1) is 5.92 Å². The molecule has 2 atom stereocenters. The Morgan fingerprint density at radius 1 is 1.12 bits per heavy atom. The minimum Gasteiger partial charge on any atom is -0.473 e. The number of ether oxygens (including phenoxy) is 1. The number of hydrogen-bond acceptors (Lipinski definition) is 5. The first-order valence-corrected chi connectivity index (χ1v) is 11.4. The first kappa shape index (κ1) is 20.0. The number of benzene rings is 1. The van der Waals surface area contributed by atoms with E-state index in [1.54, 1.807) is 23.2 Å². The zero-order valence-corrected chi connectivity index (χ0v) is 18.9. The molecule has 1 unspecified atom stereocenters. The molecule has 1 aliphatic carbocycles. The van der Waals surface area contributed by atoms with E-state index in [0.29, 0.717) is 24.9 Å². The molecule has 4 heterocycles. The van der Waals surface area contributed by atoms with E-state index >= 15 is 0 Å².